The van der Waals surface area contributed by atoms with Gasteiger partial charge in [-0.3, -0.25) is 9.78 Å². The van der Waals surface area contributed by atoms with Gasteiger partial charge in [-0.25, -0.2) is 13.4 Å². The second-order valence-electron chi connectivity index (χ2n) is 6.68. The van der Waals surface area contributed by atoms with E-state index < -0.39 is 16.1 Å². The summed E-state index contributed by atoms with van der Waals surface area (Å²) in [6, 6.07) is 13.0. The molecule has 1 aliphatic heterocycles. The van der Waals surface area contributed by atoms with Gasteiger partial charge in [-0.1, -0.05) is 30.7 Å². The van der Waals surface area contributed by atoms with E-state index in [0.717, 1.165) is 18.5 Å². The van der Waals surface area contributed by atoms with Crippen LogP contribution in [0.2, 0.25) is 0 Å². The first-order valence-electron chi connectivity index (χ1n) is 9.30. The van der Waals surface area contributed by atoms with E-state index in [2.05, 4.69) is 15.3 Å². The molecule has 1 aliphatic rings. The van der Waals surface area contributed by atoms with Crippen LogP contribution in [0.1, 0.15) is 19.3 Å². The zero-order chi connectivity index (χ0) is 20.3. The molecule has 29 heavy (non-hydrogen) atoms. The number of rotatable bonds is 5. The molecule has 150 valence electrons. The van der Waals surface area contributed by atoms with Crippen LogP contribution in [0.3, 0.4) is 0 Å². The summed E-state index contributed by atoms with van der Waals surface area (Å²) in [5.74, 6) is -0.355. The molecule has 0 spiro atoms. The van der Waals surface area contributed by atoms with E-state index in [9.17, 15) is 13.2 Å². The summed E-state index contributed by atoms with van der Waals surface area (Å²) in [6.07, 6.45) is 3.70. The molecule has 0 radical (unpaired) electrons. The lowest BCUT2D eigenvalue weighted by atomic mass is 10.0. The molecule has 4 rings (SSSR count). The summed E-state index contributed by atoms with van der Waals surface area (Å²) in [5, 5.41) is 5.04. The fraction of sp³-hybridized carbons (Fsp3) is 0.250. The van der Waals surface area contributed by atoms with Crippen LogP contribution in [0.15, 0.2) is 65.0 Å². The van der Waals surface area contributed by atoms with Crippen molar-refractivity contribution in [1.29, 1.82) is 0 Å². The summed E-state index contributed by atoms with van der Waals surface area (Å²) in [7, 11) is -3.74. The fourth-order valence-electron chi connectivity index (χ4n) is 3.33. The van der Waals surface area contributed by atoms with Crippen molar-refractivity contribution in [2.45, 2.75) is 30.2 Å². The van der Waals surface area contributed by atoms with Gasteiger partial charge >= 0.3 is 0 Å². The van der Waals surface area contributed by atoms with E-state index in [4.69, 9.17) is 0 Å². The third-order valence-corrected chi connectivity index (χ3v) is 7.45. The third-order valence-electron chi connectivity index (χ3n) is 4.77. The summed E-state index contributed by atoms with van der Waals surface area (Å²) in [6.45, 7) is 0.326. The average Bonchev–Trinajstić information content (AvgIpc) is 3.23. The Balaban J connectivity index is 1.53. The third kappa shape index (κ3) is 4.21. The van der Waals surface area contributed by atoms with E-state index >= 15 is 0 Å². The van der Waals surface area contributed by atoms with Gasteiger partial charge in [-0.2, -0.15) is 4.31 Å². The number of nitrogens with one attached hydrogen (secondary N) is 1. The SMILES string of the molecule is O=C(Nc1nc(-c2ccccn2)cs1)C1CCCCN1S(=O)(=O)c1ccccc1. The van der Waals surface area contributed by atoms with Crippen molar-refractivity contribution in [3.8, 4) is 11.4 Å². The predicted molar refractivity (Wildman–Crippen MR) is 112 cm³/mol. The fourth-order valence-corrected chi connectivity index (χ4v) is 5.72. The predicted octanol–water partition coefficient (Wildman–Crippen LogP) is 3.39. The summed E-state index contributed by atoms with van der Waals surface area (Å²) in [4.78, 5) is 21.8. The Morgan fingerprint density at radius 3 is 2.62 bits per heavy atom. The molecule has 3 aromatic rings. The molecule has 3 heterocycles. The van der Waals surface area contributed by atoms with Crippen LogP contribution in [-0.2, 0) is 14.8 Å². The standard InChI is InChI=1S/C20H20N4O3S2/c25-19(23-20-22-17(14-28-20)16-10-4-6-12-21-16)18-11-5-7-13-24(18)29(26,27)15-8-2-1-3-9-15/h1-4,6,8-10,12,14,18H,5,7,11,13H2,(H,22,23,25). The number of carbonyl (C=O) groups excluding carboxylic acids is 1. The lowest BCUT2D eigenvalue weighted by molar-refractivity contribution is -0.120. The Labute approximate surface area is 173 Å². The number of anilines is 1. The lowest BCUT2D eigenvalue weighted by Crippen LogP contribution is -2.49. The Morgan fingerprint density at radius 1 is 1.07 bits per heavy atom. The maximum atomic E-state index is 13.1. The number of benzene rings is 1. The molecule has 9 heteroatoms. The van der Waals surface area contributed by atoms with E-state index in [0.29, 0.717) is 23.8 Å². The van der Waals surface area contributed by atoms with Crippen LogP contribution < -0.4 is 5.32 Å². The number of aromatic nitrogens is 2. The highest BCUT2D eigenvalue weighted by molar-refractivity contribution is 7.89. The van der Waals surface area contributed by atoms with Gasteiger partial charge in [0.15, 0.2) is 5.13 Å². The molecule has 1 fully saturated rings. The molecule has 0 saturated carbocycles. The van der Waals surface area contributed by atoms with Gasteiger partial charge in [-0.15, -0.1) is 11.3 Å². The number of sulfonamides is 1. The van der Waals surface area contributed by atoms with E-state index in [1.807, 2.05) is 23.6 Å². The van der Waals surface area contributed by atoms with Gasteiger partial charge in [-0.05, 0) is 37.1 Å². The molecule has 7 nitrogen and oxygen atoms in total. The summed E-state index contributed by atoms with van der Waals surface area (Å²) < 4.78 is 27.5. The molecule has 1 N–H and O–H groups in total. The van der Waals surface area contributed by atoms with Crippen LogP contribution in [-0.4, -0.2) is 41.2 Å². The number of nitrogens with zero attached hydrogens (tertiary/aromatic N) is 3. The van der Waals surface area contributed by atoms with Gasteiger partial charge in [0.2, 0.25) is 15.9 Å². The minimum atomic E-state index is -3.74. The number of piperidine rings is 1. The molecule has 0 aliphatic carbocycles. The highest BCUT2D eigenvalue weighted by Gasteiger charge is 2.37. The average molecular weight is 429 g/mol. The topological polar surface area (TPSA) is 92.3 Å². The molecule has 2 aromatic heterocycles. The number of hydrogen-bond acceptors (Lipinski definition) is 6. The molecule has 1 saturated heterocycles. The molecule has 1 atom stereocenters. The minimum absolute atomic E-state index is 0.200. The van der Waals surface area contributed by atoms with E-state index in [1.165, 1.54) is 15.6 Å². The molecule has 1 unspecified atom stereocenters. The first kappa shape index (κ1) is 19.7. The number of pyridine rings is 1. The van der Waals surface area contributed by atoms with Crippen LogP contribution in [0, 0.1) is 0 Å². The van der Waals surface area contributed by atoms with Crippen molar-refractivity contribution in [3.63, 3.8) is 0 Å². The van der Waals surface area contributed by atoms with E-state index in [1.54, 1.807) is 36.5 Å². The minimum Gasteiger partial charge on any atom is -0.301 e. The van der Waals surface area contributed by atoms with Gasteiger partial charge < -0.3 is 5.32 Å². The number of hydrogen-bond donors (Lipinski definition) is 1. The van der Waals surface area contributed by atoms with Crippen molar-refractivity contribution in [2.75, 3.05) is 11.9 Å². The quantitative estimate of drug-likeness (QED) is 0.672. The first-order valence-corrected chi connectivity index (χ1v) is 11.6. The summed E-state index contributed by atoms with van der Waals surface area (Å²) >= 11 is 1.29. The molecule has 0 bridgehead atoms. The van der Waals surface area contributed by atoms with Crippen LogP contribution in [0.4, 0.5) is 5.13 Å². The highest BCUT2D eigenvalue weighted by atomic mass is 32.2. The monoisotopic (exact) mass is 428 g/mol. The van der Waals surface area contributed by atoms with Crippen LogP contribution in [0.25, 0.3) is 11.4 Å². The Kier molecular flexibility index (Phi) is 5.70. The number of carbonyl (C=O) groups is 1. The van der Waals surface area contributed by atoms with Crippen molar-refractivity contribution >= 4 is 32.4 Å². The summed E-state index contributed by atoms with van der Waals surface area (Å²) in [5.41, 5.74) is 1.39. The van der Waals surface area contributed by atoms with Crippen LogP contribution >= 0.6 is 11.3 Å². The molecule has 1 amide bonds. The maximum absolute atomic E-state index is 13.1. The van der Waals surface area contributed by atoms with Gasteiger partial charge in [0.05, 0.1) is 10.6 Å². The highest BCUT2D eigenvalue weighted by Crippen LogP contribution is 2.28. The van der Waals surface area contributed by atoms with Gasteiger partial charge in [0.1, 0.15) is 11.7 Å². The normalized spacial score (nSPS) is 17.7. The lowest BCUT2D eigenvalue weighted by Gasteiger charge is -2.33. The van der Waals surface area contributed by atoms with Crippen molar-refractivity contribution in [2.24, 2.45) is 0 Å². The van der Waals surface area contributed by atoms with E-state index in [-0.39, 0.29) is 10.8 Å². The molecular weight excluding hydrogens is 408 g/mol. The maximum Gasteiger partial charge on any atom is 0.244 e. The number of amides is 1. The van der Waals surface area contributed by atoms with Gasteiger partial charge in [0.25, 0.3) is 0 Å². The van der Waals surface area contributed by atoms with Crippen molar-refractivity contribution in [3.05, 3.63) is 60.1 Å². The Hall–Kier alpha value is -2.62. The van der Waals surface area contributed by atoms with Crippen molar-refractivity contribution in [1.82, 2.24) is 14.3 Å². The Bertz CT molecular complexity index is 1090. The van der Waals surface area contributed by atoms with Crippen LogP contribution in [0.5, 0.6) is 0 Å². The first-order chi connectivity index (χ1) is 14.1. The second-order valence-corrected chi connectivity index (χ2v) is 9.43. The molecular formula is C20H20N4O3S2. The van der Waals surface area contributed by atoms with Gasteiger partial charge in [0, 0.05) is 18.1 Å². The second kappa shape index (κ2) is 8.40. The number of thiazole rings is 1. The molecule has 1 aromatic carbocycles. The largest absolute Gasteiger partial charge is 0.301 e. The van der Waals surface area contributed by atoms with Crippen molar-refractivity contribution < 1.29 is 13.2 Å². The Morgan fingerprint density at radius 2 is 1.86 bits per heavy atom. The zero-order valence-electron chi connectivity index (χ0n) is 15.6. The zero-order valence-corrected chi connectivity index (χ0v) is 17.2. The smallest absolute Gasteiger partial charge is 0.244 e.